The third-order valence-electron chi connectivity index (χ3n) is 3.74. The molecule has 1 fully saturated rings. The molecule has 2 atom stereocenters. The number of para-hydroxylation sites is 1. The van der Waals surface area contributed by atoms with E-state index in [1.54, 1.807) is 6.07 Å². The number of likely N-dealkylation sites (tertiary alicyclic amines) is 1. The van der Waals surface area contributed by atoms with E-state index in [-0.39, 0.29) is 5.97 Å². The molecule has 5 heteroatoms. The molecule has 0 bridgehead atoms. The van der Waals surface area contributed by atoms with E-state index in [0.29, 0.717) is 24.0 Å². The predicted molar refractivity (Wildman–Crippen MR) is 76.5 cm³/mol. The van der Waals surface area contributed by atoms with Gasteiger partial charge in [0.2, 0.25) is 0 Å². The van der Waals surface area contributed by atoms with Crippen LogP contribution in [-0.4, -0.2) is 43.2 Å². The van der Waals surface area contributed by atoms with Crippen molar-refractivity contribution in [2.75, 3.05) is 26.0 Å². The van der Waals surface area contributed by atoms with Gasteiger partial charge in [0.15, 0.2) is 0 Å². The third-order valence-corrected chi connectivity index (χ3v) is 4.07. The topological polar surface area (TPSA) is 41.6 Å². The van der Waals surface area contributed by atoms with Crippen molar-refractivity contribution >= 4 is 23.3 Å². The first kappa shape index (κ1) is 14.2. The summed E-state index contributed by atoms with van der Waals surface area (Å²) in [4.78, 5) is 14.3. The van der Waals surface area contributed by atoms with Crippen molar-refractivity contribution < 1.29 is 9.53 Å². The largest absolute Gasteiger partial charge is 0.467 e. The number of hydrogen-bond acceptors (Lipinski definition) is 4. The Hall–Kier alpha value is -1.26. The normalized spacial score (nSPS) is 27.3. The van der Waals surface area contributed by atoms with Crippen molar-refractivity contribution in [1.82, 2.24) is 4.90 Å². The maximum absolute atomic E-state index is 12.2. The van der Waals surface area contributed by atoms with Gasteiger partial charge in [0, 0.05) is 12.6 Å². The summed E-state index contributed by atoms with van der Waals surface area (Å²) in [6.07, 6.45) is 0.696. The van der Waals surface area contributed by atoms with Crippen molar-refractivity contribution in [3.05, 3.63) is 29.3 Å². The Morgan fingerprint density at radius 3 is 2.74 bits per heavy atom. The van der Waals surface area contributed by atoms with E-state index in [2.05, 4.69) is 17.1 Å². The Balaban J connectivity index is 2.30. The fourth-order valence-corrected chi connectivity index (χ4v) is 2.79. The minimum absolute atomic E-state index is 0.247. The molecule has 104 valence electrons. The predicted octanol–water partition coefficient (Wildman–Crippen LogP) is 2.39. The summed E-state index contributed by atoms with van der Waals surface area (Å²) in [7, 11) is 3.42. The molecule has 19 heavy (non-hydrogen) atoms. The highest BCUT2D eigenvalue weighted by atomic mass is 35.5. The Morgan fingerprint density at radius 2 is 2.21 bits per heavy atom. The summed E-state index contributed by atoms with van der Waals surface area (Å²) in [6.45, 7) is 2.70. The van der Waals surface area contributed by atoms with Crippen LogP contribution >= 0.6 is 11.6 Å². The number of halogens is 1. The van der Waals surface area contributed by atoms with E-state index in [9.17, 15) is 4.79 Å². The van der Waals surface area contributed by atoms with Crippen LogP contribution in [0.1, 0.15) is 13.3 Å². The van der Waals surface area contributed by atoms with Crippen molar-refractivity contribution in [3.8, 4) is 0 Å². The molecule has 1 heterocycles. The molecule has 1 aromatic rings. The molecule has 2 rings (SSSR count). The van der Waals surface area contributed by atoms with Crippen LogP contribution in [0, 0.1) is 0 Å². The van der Waals surface area contributed by atoms with Crippen LogP contribution in [0.15, 0.2) is 24.3 Å². The van der Waals surface area contributed by atoms with Gasteiger partial charge in [-0.25, -0.2) is 4.79 Å². The summed E-state index contributed by atoms with van der Waals surface area (Å²) in [5, 5.41) is 3.89. The fourth-order valence-electron chi connectivity index (χ4n) is 2.61. The van der Waals surface area contributed by atoms with E-state index in [1.807, 2.05) is 25.2 Å². The van der Waals surface area contributed by atoms with Gasteiger partial charge in [0.1, 0.15) is 5.54 Å². The molecule has 2 unspecified atom stereocenters. The number of carbonyl (C=O) groups excluding carboxylic acids is 1. The monoisotopic (exact) mass is 282 g/mol. The lowest BCUT2D eigenvalue weighted by Gasteiger charge is -2.28. The van der Waals surface area contributed by atoms with Gasteiger partial charge in [0.25, 0.3) is 0 Å². The van der Waals surface area contributed by atoms with Gasteiger partial charge in [-0.1, -0.05) is 23.7 Å². The number of methoxy groups -OCH3 is 1. The zero-order chi connectivity index (χ0) is 14.0. The SMILES string of the molecule is COC(=O)C1(Nc2ccccc2Cl)CC(C)N(C)C1. The molecular weight excluding hydrogens is 264 g/mol. The standard InChI is InChI=1S/C14H19ClN2O2/c1-10-8-14(9-17(10)2,13(18)19-3)16-12-7-5-4-6-11(12)15/h4-7,10,16H,8-9H2,1-3H3. The number of rotatable bonds is 3. The average Bonchev–Trinajstić information content (AvgIpc) is 2.68. The Labute approximate surface area is 118 Å². The summed E-state index contributed by atoms with van der Waals surface area (Å²) in [6, 6.07) is 7.74. The number of ether oxygens (including phenoxy) is 1. The first-order valence-corrected chi connectivity index (χ1v) is 6.68. The van der Waals surface area contributed by atoms with Crippen LogP contribution < -0.4 is 5.32 Å². The van der Waals surface area contributed by atoms with Gasteiger partial charge in [-0.05, 0) is 32.5 Å². The molecule has 1 aliphatic heterocycles. The van der Waals surface area contributed by atoms with Gasteiger partial charge in [-0.2, -0.15) is 0 Å². The number of carbonyl (C=O) groups is 1. The van der Waals surface area contributed by atoms with E-state index in [1.165, 1.54) is 7.11 Å². The van der Waals surface area contributed by atoms with E-state index in [0.717, 1.165) is 5.69 Å². The second kappa shape index (κ2) is 5.39. The smallest absolute Gasteiger partial charge is 0.332 e. The molecule has 1 aromatic carbocycles. The number of esters is 1. The quantitative estimate of drug-likeness (QED) is 0.865. The van der Waals surface area contributed by atoms with Crippen LogP contribution in [0.4, 0.5) is 5.69 Å². The van der Waals surface area contributed by atoms with Gasteiger partial charge >= 0.3 is 5.97 Å². The maximum Gasteiger partial charge on any atom is 0.332 e. The summed E-state index contributed by atoms with van der Waals surface area (Å²) >= 11 is 6.16. The zero-order valence-corrected chi connectivity index (χ0v) is 12.2. The van der Waals surface area contributed by atoms with Gasteiger partial charge in [0.05, 0.1) is 17.8 Å². The highest BCUT2D eigenvalue weighted by Gasteiger charge is 2.48. The summed E-state index contributed by atoms with van der Waals surface area (Å²) < 4.78 is 4.98. The van der Waals surface area contributed by atoms with Crippen molar-refractivity contribution in [1.29, 1.82) is 0 Å². The van der Waals surface area contributed by atoms with Gasteiger partial charge < -0.3 is 15.0 Å². The number of nitrogens with one attached hydrogen (secondary N) is 1. The van der Waals surface area contributed by atoms with Gasteiger partial charge in [-0.3, -0.25) is 0 Å². The number of hydrogen-bond donors (Lipinski definition) is 1. The zero-order valence-electron chi connectivity index (χ0n) is 11.4. The Kier molecular flexibility index (Phi) is 4.02. The summed E-state index contributed by atoms with van der Waals surface area (Å²) in [5.41, 5.74) is 0.0329. The highest BCUT2D eigenvalue weighted by Crippen LogP contribution is 2.33. The van der Waals surface area contributed by atoms with E-state index < -0.39 is 5.54 Å². The minimum atomic E-state index is -0.728. The molecule has 0 saturated carbocycles. The number of anilines is 1. The van der Waals surface area contributed by atoms with E-state index >= 15 is 0 Å². The Morgan fingerprint density at radius 1 is 1.53 bits per heavy atom. The average molecular weight is 283 g/mol. The first-order chi connectivity index (χ1) is 8.98. The molecule has 0 amide bonds. The second-order valence-corrected chi connectivity index (χ2v) is 5.55. The summed E-state index contributed by atoms with van der Waals surface area (Å²) in [5.74, 6) is -0.247. The van der Waals surface area contributed by atoms with E-state index in [4.69, 9.17) is 16.3 Å². The molecule has 0 radical (unpaired) electrons. The van der Waals surface area contributed by atoms with Crippen LogP contribution in [0.5, 0.6) is 0 Å². The lowest BCUT2D eigenvalue weighted by molar-refractivity contribution is -0.145. The van der Waals surface area contributed by atoms with Crippen LogP contribution in [0.25, 0.3) is 0 Å². The molecule has 1 aliphatic rings. The second-order valence-electron chi connectivity index (χ2n) is 5.15. The van der Waals surface area contributed by atoms with Crippen LogP contribution in [-0.2, 0) is 9.53 Å². The minimum Gasteiger partial charge on any atom is -0.467 e. The molecule has 4 nitrogen and oxygen atoms in total. The van der Waals surface area contributed by atoms with Gasteiger partial charge in [-0.15, -0.1) is 0 Å². The molecule has 1 N–H and O–H groups in total. The fraction of sp³-hybridized carbons (Fsp3) is 0.500. The molecule has 0 aliphatic carbocycles. The van der Waals surface area contributed by atoms with Crippen molar-refractivity contribution in [2.24, 2.45) is 0 Å². The van der Waals surface area contributed by atoms with Crippen molar-refractivity contribution in [3.63, 3.8) is 0 Å². The number of likely N-dealkylation sites (N-methyl/N-ethyl adjacent to an activating group) is 1. The first-order valence-electron chi connectivity index (χ1n) is 6.30. The molecule has 0 spiro atoms. The number of nitrogens with zero attached hydrogens (tertiary/aromatic N) is 1. The van der Waals surface area contributed by atoms with Crippen LogP contribution in [0.3, 0.4) is 0 Å². The van der Waals surface area contributed by atoms with Crippen molar-refractivity contribution in [2.45, 2.75) is 24.9 Å². The lowest BCUT2D eigenvalue weighted by atomic mass is 9.95. The molecular formula is C14H19ClN2O2. The number of benzene rings is 1. The van der Waals surface area contributed by atoms with Crippen LogP contribution in [0.2, 0.25) is 5.02 Å². The third kappa shape index (κ3) is 2.69. The lowest BCUT2D eigenvalue weighted by Crippen LogP contribution is -2.49. The molecule has 0 aromatic heterocycles. The maximum atomic E-state index is 12.2. The Bertz CT molecular complexity index is 468. The molecule has 1 saturated heterocycles. The highest BCUT2D eigenvalue weighted by molar-refractivity contribution is 6.33.